The van der Waals surface area contributed by atoms with Crippen LogP contribution in [0.25, 0.3) is 0 Å². The summed E-state index contributed by atoms with van der Waals surface area (Å²) in [5.41, 5.74) is 0.242. The van der Waals surface area contributed by atoms with E-state index in [2.05, 4.69) is 12.1 Å². The number of hydrogen-bond donors (Lipinski definition) is 0. The molecule has 6 nitrogen and oxygen atoms in total. The second-order valence-corrected chi connectivity index (χ2v) is 7.29. The molecule has 6 fully saturated rings. The largest absolute Gasteiger partial charge is 0.369 e. The van der Waals surface area contributed by atoms with E-state index in [4.69, 9.17) is 28.4 Å². The third kappa shape index (κ3) is 1.62. The summed E-state index contributed by atoms with van der Waals surface area (Å²) >= 11 is 0. The summed E-state index contributed by atoms with van der Waals surface area (Å²) < 4.78 is 36.4. The monoisotopic (exact) mass is 332 g/mol. The average molecular weight is 332 g/mol. The Morgan fingerprint density at radius 1 is 0.917 bits per heavy atom. The van der Waals surface area contributed by atoms with Crippen LogP contribution in [-0.2, 0) is 35.0 Å². The molecule has 24 heavy (non-hydrogen) atoms. The van der Waals surface area contributed by atoms with E-state index >= 15 is 0 Å². The van der Waals surface area contributed by atoms with Crippen LogP contribution in [0.2, 0.25) is 0 Å². The minimum atomic E-state index is -0.619. The van der Waals surface area contributed by atoms with Crippen molar-refractivity contribution in [3.63, 3.8) is 0 Å². The Bertz CT molecular complexity index is 608. The third-order valence-electron chi connectivity index (χ3n) is 6.22. The first kappa shape index (κ1) is 14.2. The van der Waals surface area contributed by atoms with E-state index in [-0.39, 0.29) is 24.4 Å². The van der Waals surface area contributed by atoms with Gasteiger partial charge in [-0.3, -0.25) is 0 Å². The Kier molecular flexibility index (Phi) is 2.83. The van der Waals surface area contributed by atoms with E-state index in [0.29, 0.717) is 6.61 Å². The molecule has 1 aromatic rings. The standard InChI is InChI=1S/C18H20O6/c1-2-4-11(5-3-1)10-19-12-13-17(6-8-20-17)15-18(7-9-21-18)14(12)23-16(22-13)24-15/h1-5,12-16H,6-10H2/t12?,13-,14-,15?,16?,17-,18+/m1/s1. The minimum absolute atomic E-state index is 0.119. The molecule has 1 saturated carbocycles. The maximum Gasteiger partial charge on any atom is 0.273 e. The molecule has 2 spiro atoms. The van der Waals surface area contributed by atoms with Crippen LogP contribution in [0, 0.1) is 0 Å². The van der Waals surface area contributed by atoms with Crippen LogP contribution in [0.4, 0.5) is 0 Å². The SMILES string of the molecule is c1ccc(COC2[C@H]3OC4OC([C@@]35CCO5)[C@]3(CCO3)[C@@H]2O4)cc1. The lowest BCUT2D eigenvalue weighted by atomic mass is 9.60. The second-order valence-electron chi connectivity index (χ2n) is 7.29. The van der Waals surface area contributed by atoms with Crippen LogP contribution in [0.1, 0.15) is 18.4 Å². The highest BCUT2D eigenvalue weighted by Gasteiger charge is 2.79. The van der Waals surface area contributed by atoms with E-state index in [1.165, 1.54) is 0 Å². The van der Waals surface area contributed by atoms with Gasteiger partial charge in [-0.15, -0.1) is 0 Å². The Balaban J connectivity index is 1.34. The maximum absolute atomic E-state index is 6.30. The first-order valence-electron chi connectivity index (χ1n) is 8.72. The number of rotatable bonds is 3. The summed E-state index contributed by atoms with van der Waals surface area (Å²) in [6.07, 6.45) is 1.18. The average Bonchev–Trinajstić information content (AvgIpc) is 2.52. The Morgan fingerprint density at radius 2 is 1.54 bits per heavy atom. The fourth-order valence-corrected chi connectivity index (χ4v) is 4.97. The first-order valence-corrected chi connectivity index (χ1v) is 8.72. The molecule has 128 valence electrons. The molecule has 6 aliphatic rings. The van der Waals surface area contributed by atoms with Gasteiger partial charge in [0.1, 0.15) is 35.6 Å². The zero-order valence-electron chi connectivity index (χ0n) is 13.3. The lowest BCUT2D eigenvalue weighted by molar-refractivity contribution is -0.549. The Morgan fingerprint density at radius 3 is 2.08 bits per heavy atom. The van der Waals surface area contributed by atoms with Crippen LogP contribution in [0.5, 0.6) is 0 Å². The highest BCUT2D eigenvalue weighted by Crippen LogP contribution is 2.60. The summed E-state index contributed by atoms with van der Waals surface area (Å²) in [5.74, 6) is 0. The molecular weight excluding hydrogens is 312 g/mol. The minimum Gasteiger partial charge on any atom is -0.369 e. The van der Waals surface area contributed by atoms with E-state index in [1.54, 1.807) is 0 Å². The molecule has 5 saturated heterocycles. The highest BCUT2D eigenvalue weighted by atomic mass is 16.9. The summed E-state index contributed by atoms with van der Waals surface area (Å²) in [7, 11) is 0. The lowest BCUT2D eigenvalue weighted by Gasteiger charge is -2.72. The first-order chi connectivity index (χ1) is 11.8. The highest BCUT2D eigenvalue weighted by molar-refractivity contribution is 5.25. The van der Waals surface area contributed by atoms with Gasteiger partial charge in [-0.05, 0) is 5.56 Å². The van der Waals surface area contributed by atoms with Crippen LogP contribution in [0.3, 0.4) is 0 Å². The number of benzene rings is 1. The molecule has 1 aliphatic carbocycles. The smallest absolute Gasteiger partial charge is 0.273 e. The molecule has 0 aromatic heterocycles. The van der Waals surface area contributed by atoms with Crippen LogP contribution in [0.15, 0.2) is 30.3 Å². The summed E-state index contributed by atoms with van der Waals surface area (Å²) in [5, 5.41) is 0. The van der Waals surface area contributed by atoms with Gasteiger partial charge in [0.05, 0.1) is 19.8 Å². The van der Waals surface area contributed by atoms with Gasteiger partial charge in [-0.2, -0.15) is 0 Å². The van der Waals surface area contributed by atoms with Gasteiger partial charge >= 0.3 is 0 Å². The van der Waals surface area contributed by atoms with Crippen LogP contribution >= 0.6 is 0 Å². The van der Waals surface area contributed by atoms with Gasteiger partial charge in [0.25, 0.3) is 6.48 Å². The fraction of sp³-hybridized carbons (Fsp3) is 0.667. The molecule has 5 aliphatic heterocycles. The molecule has 0 amide bonds. The Hall–Kier alpha value is -1.02. The van der Waals surface area contributed by atoms with Crippen LogP contribution < -0.4 is 0 Å². The quantitative estimate of drug-likeness (QED) is 0.833. The normalized spacial score (nSPS) is 50.9. The van der Waals surface area contributed by atoms with E-state index in [9.17, 15) is 0 Å². The number of hydrogen-bond acceptors (Lipinski definition) is 6. The number of ether oxygens (including phenoxy) is 6. The summed E-state index contributed by atoms with van der Waals surface area (Å²) in [4.78, 5) is 0. The van der Waals surface area contributed by atoms with Gasteiger partial charge in [0.2, 0.25) is 0 Å². The van der Waals surface area contributed by atoms with E-state index < -0.39 is 17.7 Å². The van der Waals surface area contributed by atoms with Crippen molar-refractivity contribution >= 4 is 0 Å². The van der Waals surface area contributed by atoms with Crippen molar-refractivity contribution in [2.45, 2.75) is 61.5 Å². The molecule has 6 heteroatoms. The molecule has 4 bridgehead atoms. The molecule has 7 atom stereocenters. The lowest BCUT2D eigenvalue weighted by Crippen LogP contribution is -2.89. The zero-order valence-corrected chi connectivity index (χ0v) is 13.3. The van der Waals surface area contributed by atoms with Crippen molar-refractivity contribution in [3.05, 3.63) is 35.9 Å². The fourth-order valence-electron chi connectivity index (χ4n) is 4.97. The van der Waals surface area contributed by atoms with Gasteiger partial charge in [-0.1, -0.05) is 30.3 Å². The van der Waals surface area contributed by atoms with Crippen molar-refractivity contribution < 1.29 is 28.4 Å². The maximum atomic E-state index is 6.30. The van der Waals surface area contributed by atoms with E-state index in [0.717, 1.165) is 31.6 Å². The molecule has 1 aromatic carbocycles. The molecule has 5 heterocycles. The zero-order chi connectivity index (χ0) is 15.8. The summed E-state index contributed by atoms with van der Waals surface area (Å²) in [6.45, 7) is 1.37. The summed E-state index contributed by atoms with van der Waals surface area (Å²) in [6, 6.07) is 10.2. The van der Waals surface area contributed by atoms with Crippen LogP contribution in [-0.4, -0.2) is 55.3 Å². The Labute approximate surface area is 139 Å². The van der Waals surface area contributed by atoms with Gasteiger partial charge in [0.15, 0.2) is 0 Å². The molecule has 0 N–H and O–H groups in total. The van der Waals surface area contributed by atoms with Crippen molar-refractivity contribution in [3.8, 4) is 0 Å². The second kappa shape index (κ2) is 4.78. The molecule has 7 rings (SSSR count). The topological polar surface area (TPSA) is 55.4 Å². The van der Waals surface area contributed by atoms with Gasteiger partial charge in [-0.25, -0.2) is 0 Å². The predicted molar refractivity (Wildman–Crippen MR) is 80.0 cm³/mol. The van der Waals surface area contributed by atoms with E-state index in [1.807, 2.05) is 18.2 Å². The van der Waals surface area contributed by atoms with Gasteiger partial charge in [0, 0.05) is 12.8 Å². The predicted octanol–water partition coefficient (Wildman–Crippen LogP) is 1.37. The van der Waals surface area contributed by atoms with Gasteiger partial charge < -0.3 is 28.4 Å². The molecular formula is C18H20O6. The molecule has 3 unspecified atom stereocenters. The van der Waals surface area contributed by atoms with Crippen molar-refractivity contribution in [1.82, 2.24) is 0 Å². The van der Waals surface area contributed by atoms with Crippen molar-refractivity contribution in [2.75, 3.05) is 13.2 Å². The molecule has 0 radical (unpaired) electrons. The van der Waals surface area contributed by atoms with Crippen molar-refractivity contribution in [1.29, 1.82) is 0 Å². The van der Waals surface area contributed by atoms with Crippen molar-refractivity contribution in [2.24, 2.45) is 0 Å². The third-order valence-corrected chi connectivity index (χ3v) is 6.22.